The third-order valence-corrected chi connectivity index (χ3v) is 3.35. The molecule has 0 aromatic heterocycles. The number of urea groups is 1. The Kier molecular flexibility index (Phi) is 6.45. The molecule has 0 spiro atoms. The lowest BCUT2D eigenvalue weighted by Crippen LogP contribution is -2.32. The summed E-state index contributed by atoms with van der Waals surface area (Å²) in [4.78, 5) is 22.9. The summed E-state index contributed by atoms with van der Waals surface area (Å²) in [6, 6.07) is 13.6. The van der Waals surface area contributed by atoms with Gasteiger partial charge in [-0.1, -0.05) is 29.8 Å². The van der Waals surface area contributed by atoms with Crippen molar-refractivity contribution in [1.82, 2.24) is 5.32 Å². The molecule has 0 saturated heterocycles. The molecule has 3 amide bonds. The number of ether oxygens (including phenoxy) is 1. The van der Waals surface area contributed by atoms with Gasteiger partial charge in [-0.15, -0.1) is 0 Å². The van der Waals surface area contributed by atoms with Crippen molar-refractivity contribution in [3.63, 3.8) is 0 Å². The number of hydrogen-bond donors (Lipinski definition) is 3. The molecule has 0 unspecified atom stereocenters. The Labute approximate surface area is 144 Å². The van der Waals surface area contributed by atoms with E-state index in [1.54, 1.807) is 48.5 Å². The predicted octanol–water partition coefficient (Wildman–Crippen LogP) is 2.57. The number of halogens is 1. The van der Waals surface area contributed by atoms with E-state index in [0.29, 0.717) is 35.2 Å². The van der Waals surface area contributed by atoms with Gasteiger partial charge in [0.1, 0.15) is 12.4 Å². The molecule has 0 aliphatic rings. The van der Waals surface area contributed by atoms with Gasteiger partial charge in [0.05, 0.1) is 13.0 Å². The third-order valence-electron chi connectivity index (χ3n) is 3.10. The van der Waals surface area contributed by atoms with Crippen LogP contribution in [0.4, 0.5) is 10.5 Å². The van der Waals surface area contributed by atoms with Crippen molar-refractivity contribution in [2.24, 2.45) is 5.73 Å². The van der Waals surface area contributed by atoms with Gasteiger partial charge in [0.2, 0.25) is 5.91 Å². The standard InChI is InChI=1S/C17H18ClN3O3/c18-13-5-7-14(8-6-13)24-10-9-20-17(23)21-15-4-2-1-3-12(15)11-16(19)22/h1-8H,9-11H2,(H2,19,22)(H2,20,21,23). The lowest BCUT2D eigenvalue weighted by molar-refractivity contribution is -0.117. The molecule has 4 N–H and O–H groups in total. The lowest BCUT2D eigenvalue weighted by Gasteiger charge is -2.11. The first kappa shape index (κ1) is 17.6. The van der Waals surface area contributed by atoms with Crippen molar-refractivity contribution in [2.45, 2.75) is 6.42 Å². The van der Waals surface area contributed by atoms with Crippen LogP contribution < -0.4 is 21.1 Å². The van der Waals surface area contributed by atoms with Gasteiger partial charge < -0.3 is 21.1 Å². The van der Waals surface area contributed by atoms with Crippen LogP contribution in [0.3, 0.4) is 0 Å². The van der Waals surface area contributed by atoms with Crippen LogP contribution in [0.5, 0.6) is 5.75 Å². The minimum atomic E-state index is -0.457. The second-order valence-corrected chi connectivity index (χ2v) is 5.42. The number of carbonyl (C=O) groups is 2. The largest absolute Gasteiger partial charge is 0.492 e. The molecule has 0 fully saturated rings. The van der Waals surface area contributed by atoms with E-state index in [0.717, 1.165) is 0 Å². The fourth-order valence-corrected chi connectivity index (χ4v) is 2.14. The molecule has 0 saturated carbocycles. The highest BCUT2D eigenvalue weighted by Gasteiger charge is 2.08. The Morgan fingerprint density at radius 1 is 1.08 bits per heavy atom. The Morgan fingerprint density at radius 2 is 1.79 bits per heavy atom. The molecule has 0 radical (unpaired) electrons. The van der Waals surface area contributed by atoms with E-state index in [1.807, 2.05) is 0 Å². The molecular formula is C17H18ClN3O3. The van der Waals surface area contributed by atoms with Gasteiger partial charge >= 0.3 is 6.03 Å². The lowest BCUT2D eigenvalue weighted by atomic mass is 10.1. The van der Waals surface area contributed by atoms with E-state index in [1.165, 1.54) is 0 Å². The molecule has 126 valence electrons. The van der Waals surface area contributed by atoms with Gasteiger partial charge in [-0.05, 0) is 35.9 Å². The highest BCUT2D eigenvalue weighted by Crippen LogP contribution is 2.16. The van der Waals surface area contributed by atoms with Crippen molar-refractivity contribution in [2.75, 3.05) is 18.5 Å². The van der Waals surface area contributed by atoms with Gasteiger partial charge in [0, 0.05) is 10.7 Å². The van der Waals surface area contributed by atoms with Crippen LogP contribution in [-0.4, -0.2) is 25.1 Å². The zero-order valence-electron chi connectivity index (χ0n) is 12.9. The van der Waals surface area contributed by atoms with Crippen LogP contribution >= 0.6 is 11.6 Å². The summed E-state index contributed by atoms with van der Waals surface area (Å²) >= 11 is 5.79. The normalized spacial score (nSPS) is 10.0. The average Bonchev–Trinajstić information content (AvgIpc) is 2.55. The minimum absolute atomic E-state index is 0.0656. The molecule has 0 heterocycles. The fourth-order valence-electron chi connectivity index (χ4n) is 2.01. The molecule has 0 aliphatic carbocycles. The van der Waals surface area contributed by atoms with Crippen LogP contribution in [0.1, 0.15) is 5.56 Å². The number of carbonyl (C=O) groups excluding carboxylic acids is 2. The Bertz CT molecular complexity index is 704. The minimum Gasteiger partial charge on any atom is -0.492 e. The SMILES string of the molecule is NC(=O)Cc1ccccc1NC(=O)NCCOc1ccc(Cl)cc1. The van der Waals surface area contributed by atoms with E-state index in [9.17, 15) is 9.59 Å². The quantitative estimate of drug-likeness (QED) is 0.672. The van der Waals surface area contributed by atoms with Crippen LogP contribution in [0.25, 0.3) is 0 Å². The first-order valence-corrected chi connectivity index (χ1v) is 7.72. The molecule has 0 bridgehead atoms. The van der Waals surface area contributed by atoms with Crippen molar-refractivity contribution < 1.29 is 14.3 Å². The van der Waals surface area contributed by atoms with E-state index in [4.69, 9.17) is 22.1 Å². The maximum Gasteiger partial charge on any atom is 0.319 e. The number of anilines is 1. The van der Waals surface area contributed by atoms with Crippen molar-refractivity contribution in [1.29, 1.82) is 0 Å². The number of amides is 3. The Morgan fingerprint density at radius 3 is 2.50 bits per heavy atom. The number of primary amides is 1. The zero-order chi connectivity index (χ0) is 17.4. The monoisotopic (exact) mass is 347 g/mol. The summed E-state index contributed by atoms with van der Waals surface area (Å²) in [7, 11) is 0. The molecular weight excluding hydrogens is 330 g/mol. The Hall–Kier alpha value is -2.73. The smallest absolute Gasteiger partial charge is 0.319 e. The molecule has 2 aromatic carbocycles. The number of rotatable bonds is 7. The van der Waals surface area contributed by atoms with Gasteiger partial charge in [0.25, 0.3) is 0 Å². The van der Waals surface area contributed by atoms with Crippen LogP contribution in [0.2, 0.25) is 5.02 Å². The van der Waals surface area contributed by atoms with Gasteiger partial charge in [-0.3, -0.25) is 4.79 Å². The number of para-hydroxylation sites is 1. The molecule has 0 aliphatic heterocycles. The topological polar surface area (TPSA) is 93.5 Å². The number of nitrogens with one attached hydrogen (secondary N) is 2. The average molecular weight is 348 g/mol. The molecule has 2 aromatic rings. The van der Waals surface area contributed by atoms with E-state index in [2.05, 4.69) is 10.6 Å². The summed E-state index contributed by atoms with van der Waals surface area (Å²) in [5.74, 6) is 0.217. The molecule has 7 heteroatoms. The number of hydrogen-bond acceptors (Lipinski definition) is 3. The second-order valence-electron chi connectivity index (χ2n) is 4.98. The number of nitrogens with two attached hydrogens (primary N) is 1. The van der Waals surface area contributed by atoms with Gasteiger partial charge in [-0.25, -0.2) is 4.79 Å². The van der Waals surface area contributed by atoms with Crippen molar-refractivity contribution in [3.05, 3.63) is 59.1 Å². The van der Waals surface area contributed by atoms with E-state index >= 15 is 0 Å². The van der Waals surface area contributed by atoms with Gasteiger partial charge in [0.15, 0.2) is 0 Å². The maximum absolute atomic E-state index is 11.9. The van der Waals surface area contributed by atoms with Crippen LogP contribution in [0.15, 0.2) is 48.5 Å². The Balaban J connectivity index is 1.77. The summed E-state index contributed by atoms with van der Waals surface area (Å²) in [5, 5.41) is 6.00. The zero-order valence-corrected chi connectivity index (χ0v) is 13.7. The molecule has 0 atom stereocenters. The first-order valence-electron chi connectivity index (χ1n) is 7.34. The summed E-state index contributed by atoms with van der Waals surface area (Å²) in [6.45, 7) is 0.643. The highest BCUT2D eigenvalue weighted by atomic mass is 35.5. The summed E-state index contributed by atoms with van der Waals surface area (Å²) in [6.07, 6.45) is 0.0656. The maximum atomic E-state index is 11.9. The van der Waals surface area contributed by atoms with E-state index in [-0.39, 0.29) is 12.5 Å². The van der Waals surface area contributed by atoms with Crippen LogP contribution in [-0.2, 0) is 11.2 Å². The van der Waals surface area contributed by atoms with Crippen LogP contribution in [0, 0.1) is 0 Å². The summed E-state index contributed by atoms with van der Waals surface area (Å²) < 4.78 is 5.48. The molecule has 24 heavy (non-hydrogen) atoms. The predicted molar refractivity (Wildman–Crippen MR) is 93.3 cm³/mol. The van der Waals surface area contributed by atoms with Crippen molar-refractivity contribution >= 4 is 29.2 Å². The fraction of sp³-hybridized carbons (Fsp3) is 0.176. The second kappa shape index (κ2) is 8.79. The van der Waals surface area contributed by atoms with E-state index < -0.39 is 5.91 Å². The third kappa shape index (κ3) is 5.81. The van der Waals surface area contributed by atoms with Gasteiger partial charge in [-0.2, -0.15) is 0 Å². The highest BCUT2D eigenvalue weighted by molar-refractivity contribution is 6.30. The van der Waals surface area contributed by atoms with Crippen molar-refractivity contribution in [3.8, 4) is 5.75 Å². The number of benzene rings is 2. The molecule has 6 nitrogen and oxygen atoms in total. The first-order chi connectivity index (χ1) is 11.5. The molecule has 2 rings (SSSR count). The summed E-state index contributed by atoms with van der Waals surface area (Å²) in [5.41, 5.74) is 6.41.